The van der Waals surface area contributed by atoms with Gasteiger partial charge in [0.05, 0.1) is 13.2 Å². The zero-order valence-electron chi connectivity index (χ0n) is 8.65. The molecule has 0 fully saturated rings. The standard InChI is InChI=1S/C11H12N2O2/c1-8(14)13-11(7-12)9-3-5-10(15-2)6-4-9/h3-6,11H,1-2H3,(H,13,14)/t11-/m1/s1. The highest BCUT2D eigenvalue weighted by molar-refractivity contribution is 5.73. The van der Waals surface area contributed by atoms with Crippen LogP contribution in [0.1, 0.15) is 18.5 Å². The molecule has 0 bridgehead atoms. The lowest BCUT2D eigenvalue weighted by Gasteiger charge is -2.10. The number of carbonyl (C=O) groups excluding carboxylic acids is 1. The molecule has 1 rings (SSSR count). The molecule has 1 atom stereocenters. The van der Waals surface area contributed by atoms with Crippen LogP contribution in [0.15, 0.2) is 24.3 Å². The van der Waals surface area contributed by atoms with Crippen LogP contribution in [0.5, 0.6) is 5.75 Å². The number of nitrogens with zero attached hydrogens (tertiary/aromatic N) is 1. The average Bonchev–Trinajstić information content (AvgIpc) is 2.26. The Kier molecular flexibility index (Phi) is 3.69. The first kappa shape index (κ1) is 11.1. The van der Waals surface area contributed by atoms with Crippen molar-refractivity contribution in [2.75, 3.05) is 7.11 Å². The molecule has 0 unspecified atom stereocenters. The van der Waals surface area contributed by atoms with E-state index in [0.717, 1.165) is 11.3 Å². The Morgan fingerprint density at radius 3 is 2.47 bits per heavy atom. The zero-order valence-corrected chi connectivity index (χ0v) is 8.65. The second-order valence-electron chi connectivity index (χ2n) is 3.04. The van der Waals surface area contributed by atoms with Crippen LogP contribution in [0, 0.1) is 11.3 Å². The lowest BCUT2D eigenvalue weighted by atomic mass is 10.1. The van der Waals surface area contributed by atoms with Crippen LogP contribution >= 0.6 is 0 Å². The summed E-state index contributed by atoms with van der Waals surface area (Å²) in [5.74, 6) is 0.496. The van der Waals surface area contributed by atoms with Gasteiger partial charge in [-0.15, -0.1) is 0 Å². The van der Waals surface area contributed by atoms with Crippen molar-refractivity contribution >= 4 is 5.91 Å². The van der Waals surface area contributed by atoms with Crippen molar-refractivity contribution < 1.29 is 9.53 Å². The Morgan fingerprint density at radius 1 is 1.47 bits per heavy atom. The van der Waals surface area contributed by atoms with Gasteiger partial charge in [-0.1, -0.05) is 12.1 Å². The van der Waals surface area contributed by atoms with E-state index in [0.29, 0.717) is 0 Å². The Balaban J connectivity index is 2.84. The fourth-order valence-electron chi connectivity index (χ4n) is 1.19. The summed E-state index contributed by atoms with van der Waals surface area (Å²) in [5.41, 5.74) is 0.744. The van der Waals surface area contributed by atoms with Crippen molar-refractivity contribution in [2.24, 2.45) is 0 Å². The summed E-state index contributed by atoms with van der Waals surface area (Å²) in [6.45, 7) is 1.38. The molecule has 0 aromatic heterocycles. The van der Waals surface area contributed by atoms with Crippen molar-refractivity contribution in [2.45, 2.75) is 13.0 Å². The van der Waals surface area contributed by atoms with E-state index >= 15 is 0 Å². The fourth-order valence-corrected chi connectivity index (χ4v) is 1.19. The molecule has 78 valence electrons. The summed E-state index contributed by atoms with van der Waals surface area (Å²) in [6.07, 6.45) is 0. The van der Waals surface area contributed by atoms with Gasteiger partial charge in [0.2, 0.25) is 5.91 Å². The monoisotopic (exact) mass is 204 g/mol. The maximum Gasteiger partial charge on any atom is 0.218 e. The molecule has 0 spiro atoms. The van der Waals surface area contributed by atoms with Crippen molar-refractivity contribution in [3.05, 3.63) is 29.8 Å². The molecule has 0 aliphatic heterocycles. The Morgan fingerprint density at radius 2 is 2.07 bits per heavy atom. The zero-order chi connectivity index (χ0) is 11.3. The van der Waals surface area contributed by atoms with Gasteiger partial charge in [0.15, 0.2) is 0 Å². The van der Waals surface area contributed by atoms with Crippen LogP contribution in [-0.2, 0) is 4.79 Å². The van der Waals surface area contributed by atoms with Gasteiger partial charge >= 0.3 is 0 Å². The number of amides is 1. The number of benzene rings is 1. The molecule has 0 aliphatic carbocycles. The van der Waals surface area contributed by atoms with Crippen LogP contribution in [0.25, 0.3) is 0 Å². The average molecular weight is 204 g/mol. The third-order valence-corrected chi connectivity index (χ3v) is 1.93. The predicted molar refractivity (Wildman–Crippen MR) is 55.2 cm³/mol. The van der Waals surface area contributed by atoms with Crippen molar-refractivity contribution in [1.29, 1.82) is 5.26 Å². The van der Waals surface area contributed by atoms with E-state index in [1.165, 1.54) is 6.92 Å². The first-order chi connectivity index (χ1) is 7.17. The van der Waals surface area contributed by atoms with Crippen LogP contribution in [0.4, 0.5) is 0 Å². The Labute approximate surface area is 88.5 Å². The topological polar surface area (TPSA) is 62.1 Å². The third-order valence-electron chi connectivity index (χ3n) is 1.93. The third kappa shape index (κ3) is 2.99. The van der Waals surface area contributed by atoms with E-state index in [2.05, 4.69) is 5.32 Å². The number of nitriles is 1. The van der Waals surface area contributed by atoms with Gasteiger partial charge in [-0.3, -0.25) is 4.79 Å². The van der Waals surface area contributed by atoms with Gasteiger partial charge in [0.25, 0.3) is 0 Å². The summed E-state index contributed by atoms with van der Waals surface area (Å²) < 4.78 is 4.99. The Hall–Kier alpha value is -2.02. The molecule has 1 N–H and O–H groups in total. The molecule has 15 heavy (non-hydrogen) atoms. The number of hydrogen-bond donors (Lipinski definition) is 1. The second-order valence-corrected chi connectivity index (χ2v) is 3.04. The fraction of sp³-hybridized carbons (Fsp3) is 0.273. The minimum atomic E-state index is -0.603. The minimum Gasteiger partial charge on any atom is -0.497 e. The predicted octanol–water partition coefficient (Wildman–Crippen LogP) is 1.40. The summed E-state index contributed by atoms with van der Waals surface area (Å²) in [7, 11) is 1.57. The maximum atomic E-state index is 10.8. The maximum absolute atomic E-state index is 10.8. The van der Waals surface area contributed by atoms with E-state index in [1.54, 1.807) is 31.4 Å². The SMILES string of the molecule is COc1ccc([C@@H](C#N)NC(C)=O)cc1. The first-order valence-corrected chi connectivity index (χ1v) is 4.48. The van der Waals surface area contributed by atoms with E-state index in [1.807, 2.05) is 6.07 Å². The van der Waals surface area contributed by atoms with Gasteiger partial charge in [-0.2, -0.15) is 5.26 Å². The van der Waals surface area contributed by atoms with Gasteiger partial charge < -0.3 is 10.1 Å². The molecule has 1 aromatic carbocycles. The van der Waals surface area contributed by atoms with E-state index in [9.17, 15) is 4.79 Å². The molecule has 0 aliphatic rings. The molecular formula is C11H12N2O2. The normalized spacial score (nSPS) is 11.3. The lowest BCUT2D eigenvalue weighted by Crippen LogP contribution is -2.24. The highest BCUT2D eigenvalue weighted by Crippen LogP contribution is 2.16. The second kappa shape index (κ2) is 5.01. The van der Waals surface area contributed by atoms with Crippen molar-refractivity contribution in [1.82, 2.24) is 5.32 Å². The number of ether oxygens (including phenoxy) is 1. The van der Waals surface area contributed by atoms with Gasteiger partial charge in [-0.05, 0) is 17.7 Å². The number of nitrogens with one attached hydrogen (secondary N) is 1. The largest absolute Gasteiger partial charge is 0.497 e. The van der Waals surface area contributed by atoms with Crippen LogP contribution in [0.2, 0.25) is 0 Å². The summed E-state index contributed by atoms with van der Waals surface area (Å²) >= 11 is 0. The minimum absolute atomic E-state index is 0.225. The molecule has 1 aromatic rings. The highest BCUT2D eigenvalue weighted by Gasteiger charge is 2.10. The molecule has 4 nitrogen and oxygen atoms in total. The molecule has 1 amide bonds. The van der Waals surface area contributed by atoms with Crippen LogP contribution in [-0.4, -0.2) is 13.0 Å². The van der Waals surface area contributed by atoms with Crippen LogP contribution < -0.4 is 10.1 Å². The van der Waals surface area contributed by atoms with E-state index in [-0.39, 0.29) is 5.91 Å². The van der Waals surface area contributed by atoms with Crippen molar-refractivity contribution in [3.8, 4) is 11.8 Å². The molecule has 0 saturated carbocycles. The summed E-state index contributed by atoms with van der Waals surface area (Å²) in [6, 6.07) is 8.42. The smallest absolute Gasteiger partial charge is 0.218 e. The van der Waals surface area contributed by atoms with Gasteiger partial charge in [0, 0.05) is 6.92 Å². The summed E-state index contributed by atoms with van der Waals surface area (Å²) in [5, 5.41) is 11.4. The quantitative estimate of drug-likeness (QED) is 0.809. The van der Waals surface area contributed by atoms with Gasteiger partial charge in [-0.25, -0.2) is 0 Å². The summed E-state index contributed by atoms with van der Waals surface area (Å²) in [4.78, 5) is 10.8. The van der Waals surface area contributed by atoms with Crippen molar-refractivity contribution in [3.63, 3.8) is 0 Å². The number of rotatable bonds is 3. The number of carbonyl (C=O) groups is 1. The molecule has 0 radical (unpaired) electrons. The van der Waals surface area contributed by atoms with E-state index in [4.69, 9.17) is 10.00 Å². The number of hydrogen-bond acceptors (Lipinski definition) is 3. The number of methoxy groups -OCH3 is 1. The molecule has 0 saturated heterocycles. The van der Waals surface area contributed by atoms with Crippen LogP contribution in [0.3, 0.4) is 0 Å². The Bertz CT molecular complexity index is 379. The van der Waals surface area contributed by atoms with E-state index < -0.39 is 6.04 Å². The molecule has 4 heteroatoms. The highest BCUT2D eigenvalue weighted by atomic mass is 16.5. The molecule has 0 heterocycles. The van der Waals surface area contributed by atoms with Gasteiger partial charge in [0.1, 0.15) is 11.8 Å². The first-order valence-electron chi connectivity index (χ1n) is 4.48. The molecular weight excluding hydrogens is 192 g/mol. The lowest BCUT2D eigenvalue weighted by molar-refractivity contribution is -0.119.